The van der Waals surface area contributed by atoms with Crippen molar-refractivity contribution in [2.45, 2.75) is 50.4 Å². The minimum absolute atomic E-state index is 0.0650. The number of rotatable bonds is 9. The van der Waals surface area contributed by atoms with Gasteiger partial charge in [0.2, 0.25) is 17.5 Å². The van der Waals surface area contributed by atoms with Crippen LogP contribution in [0, 0.1) is 5.95 Å². The smallest absolute Gasteiger partial charge is 0.296 e. The first-order chi connectivity index (χ1) is 19.2. The molecule has 4 heterocycles. The molecule has 2 N–H and O–H groups in total. The molecule has 3 aromatic heterocycles. The van der Waals surface area contributed by atoms with E-state index in [1.807, 2.05) is 31.3 Å². The Morgan fingerprint density at radius 3 is 2.52 bits per heavy atom. The molecule has 0 spiro atoms. The van der Waals surface area contributed by atoms with Crippen LogP contribution >= 0.6 is 0 Å². The van der Waals surface area contributed by atoms with Crippen molar-refractivity contribution < 1.29 is 23.1 Å². The molecule has 14 heteroatoms. The van der Waals surface area contributed by atoms with Gasteiger partial charge in [-0.1, -0.05) is 24.3 Å². The molecule has 212 valence electrons. The van der Waals surface area contributed by atoms with E-state index in [0.29, 0.717) is 5.69 Å². The zero-order valence-corrected chi connectivity index (χ0v) is 21.8. The first-order valence-electron chi connectivity index (χ1n) is 12.8. The van der Waals surface area contributed by atoms with Gasteiger partial charge in [0.15, 0.2) is 0 Å². The molecule has 1 amide bonds. The van der Waals surface area contributed by atoms with Gasteiger partial charge in [-0.05, 0) is 25.5 Å². The van der Waals surface area contributed by atoms with Crippen molar-refractivity contribution in [2.24, 2.45) is 0 Å². The van der Waals surface area contributed by atoms with Crippen molar-refractivity contribution in [3.05, 3.63) is 70.9 Å². The zero-order valence-electron chi connectivity index (χ0n) is 21.8. The molecule has 5 rings (SSSR count). The maximum atomic E-state index is 13.5. The largest absolute Gasteiger partial charge is 0.388 e. The van der Waals surface area contributed by atoms with Gasteiger partial charge in [0.1, 0.15) is 12.4 Å². The fourth-order valence-corrected chi connectivity index (χ4v) is 4.96. The van der Waals surface area contributed by atoms with Crippen molar-refractivity contribution in [1.82, 2.24) is 39.2 Å². The van der Waals surface area contributed by atoms with Gasteiger partial charge >= 0.3 is 0 Å². The van der Waals surface area contributed by atoms with Crippen molar-refractivity contribution in [2.75, 3.05) is 20.1 Å². The number of benzene rings is 1. The normalized spacial score (nSPS) is 16.1. The van der Waals surface area contributed by atoms with E-state index in [9.17, 15) is 27.9 Å². The van der Waals surface area contributed by atoms with Crippen molar-refractivity contribution in [3.8, 4) is 11.3 Å². The highest BCUT2D eigenvalue weighted by Gasteiger charge is 2.36. The topological polar surface area (TPSA) is 123 Å². The molecule has 1 unspecified atom stereocenters. The van der Waals surface area contributed by atoms with Crippen LogP contribution in [0.25, 0.3) is 16.9 Å². The van der Waals surface area contributed by atoms with E-state index in [1.165, 1.54) is 20.3 Å². The number of carbonyl (C=O) groups is 1. The molecule has 11 nitrogen and oxygen atoms in total. The lowest BCUT2D eigenvalue weighted by Gasteiger charge is -2.38. The molecular formula is C26H29F3N8O3. The summed E-state index contributed by atoms with van der Waals surface area (Å²) in [5, 5.41) is 22.0. The Balaban J connectivity index is 1.25. The van der Waals surface area contributed by atoms with Crippen LogP contribution in [-0.2, 0) is 17.9 Å². The van der Waals surface area contributed by atoms with Gasteiger partial charge in [-0.3, -0.25) is 18.8 Å². The Kier molecular flexibility index (Phi) is 7.72. The number of carbonyl (C=O) groups excluding carboxylic acids is 1. The van der Waals surface area contributed by atoms with Crippen LogP contribution in [-0.4, -0.2) is 77.0 Å². The minimum Gasteiger partial charge on any atom is -0.388 e. The number of fused-ring (bicyclic) bond motifs is 1. The van der Waals surface area contributed by atoms with Gasteiger partial charge in [0.05, 0.1) is 30.5 Å². The van der Waals surface area contributed by atoms with E-state index >= 15 is 0 Å². The quantitative estimate of drug-likeness (QED) is 0.322. The lowest BCUT2D eigenvalue weighted by atomic mass is 9.91. The molecule has 1 atom stereocenters. The number of likely N-dealkylation sites (tertiary alicyclic amines) is 1. The van der Waals surface area contributed by atoms with Crippen LogP contribution in [0.5, 0.6) is 0 Å². The number of piperidine rings is 1. The number of nitrogens with zero attached hydrogens (tertiary/aromatic N) is 7. The molecule has 0 saturated carbocycles. The summed E-state index contributed by atoms with van der Waals surface area (Å²) in [6, 6.07) is 7.16. The van der Waals surface area contributed by atoms with Gasteiger partial charge in [0, 0.05) is 37.5 Å². The van der Waals surface area contributed by atoms with E-state index in [1.54, 1.807) is 6.20 Å². The highest BCUT2D eigenvalue weighted by molar-refractivity contribution is 5.76. The summed E-state index contributed by atoms with van der Waals surface area (Å²) in [7, 11) is 1.87. The van der Waals surface area contributed by atoms with Crippen molar-refractivity contribution >= 4 is 11.6 Å². The second-order valence-electron chi connectivity index (χ2n) is 10.00. The Morgan fingerprint density at radius 2 is 1.90 bits per heavy atom. The highest BCUT2D eigenvalue weighted by Crippen LogP contribution is 2.27. The molecule has 0 bridgehead atoms. The predicted molar refractivity (Wildman–Crippen MR) is 138 cm³/mol. The van der Waals surface area contributed by atoms with E-state index < -0.39 is 41.9 Å². The average molecular weight is 559 g/mol. The minimum atomic E-state index is -2.92. The standard InChI is InChI=1S/C26H29F3N8O3/c1-30-13-17-2-4-18(5-3-17)20-14-31-24-25(39)35(16-32-37(20)24)15-26(40)7-10-34(11-8-26)22(38)12-19(23(28)29)36-9-6-21(27)33-36/h2-6,9,14,16,19,23,30,40H,7-8,10-13,15H2,1H3. The zero-order chi connectivity index (χ0) is 28.4. The lowest BCUT2D eigenvalue weighted by molar-refractivity contribution is -0.138. The monoisotopic (exact) mass is 558 g/mol. The summed E-state index contributed by atoms with van der Waals surface area (Å²) in [5.41, 5.74) is 0.984. The molecule has 0 aliphatic carbocycles. The van der Waals surface area contributed by atoms with Gasteiger partial charge in [-0.15, -0.1) is 5.10 Å². The maximum Gasteiger partial charge on any atom is 0.296 e. The number of aromatic nitrogens is 6. The second-order valence-corrected chi connectivity index (χ2v) is 10.00. The Labute approximate surface area is 226 Å². The second kappa shape index (κ2) is 11.2. The van der Waals surface area contributed by atoms with Crippen LogP contribution < -0.4 is 10.9 Å². The third-order valence-electron chi connectivity index (χ3n) is 7.23. The number of halogens is 3. The maximum absolute atomic E-state index is 13.5. The van der Waals surface area contributed by atoms with Crippen LogP contribution in [0.2, 0.25) is 0 Å². The fraction of sp³-hybridized carbons (Fsp3) is 0.423. The molecule has 1 aliphatic rings. The molecule has 40 heavy (non-hydrogen) atoms. The van der Waals surface area contributed by atoms with Crippen LogP contribution in [0.4, 0.5) is 13.2 Å². The van der Waals surface area contributed by atoms with E-state index in [2.05, 4.69) is 20.5 Å². The first kappa shape index (κ1) is 27.5. The van der Waals surface area contributed by atoms with Crippen LogP contribution in [0.1, 0.15) is 30.9 Å². The lowest BCUT2D eigenvalue weighted by Crippen LogP contribution is -2.50. The molecular weight excluding hydrogens is 529 g/mol. The number of aliphatic hydroxyl groups is 1. The molecule has 1 aromatic carbocycles. The molecule has 1 aliphatic heterocycles. The third kappa shape index (κ3) is 5.63. The number of nitrogens with one attached hydrogen (secondary N) is 1. The number of amides is 1. The van der Waals surface area contributed by atoms with Crippen molar-refractivity contribution in [3.63, 3.8) is 0 Å². The van der Waals surface area contributed by atoms with E-state index in [4.69, 9.17) is 0 Å². The highest BCUT2D eigenvalue weighted by atomic mass is 19.3. The Bertz CT molecular complexity index is 1540. The van der Waals surface area contributed by atoms with Crippen LogP contribution in [0.15, 0.2) is 53.8 Å². The average Bonchev–Trinajstić information content (AvgIpc) is 3.56. The third-order valence-corrected chi connectivity index (χ3v) is 7.23. The Morgan fingerprint density at radius 1 is 1.18 bits per heavy atom. The number of imidazole rings is 1. The summed E-state index contributed by atoms with van der Waals surface area (Å²) < 4.78 is 43.8. The molecule has 1 fully saturated rings. The summed E-state index contributed by atoms with van der Waals surface area (Å²) in [6.45, 7) is 0.888. The molecule has 1 saturated heterocycles. The van der Waals surface area contributed by atoms with Crippen LogP contribution in [0.3, 0.4) is 0 Å². The fourth-order valence-electron chi connectivity index (χ4n) is 4.96. The summed E-state index contributed by atoms with van der Waals surface area (Å²) in [4.78, 5) is 31.5. The Hall–Kier alpha value is -4.04. The van der Waals surface area contributed by atoms with Gasteiger partial charge in [-0.2, -0.15) is 9.49 Å². The van der Waals surface area contributed by atoms with Gasteiger partial charge in [-0.25, -0.2) is 18.3 Å². The number of hydrogen-bond donors (Lipinski definition) is 2. The number of alkyl halides is 2. The summed E-state index contributed by atoms with van der Waals surface area (Å²) >= 11 is 0. The van der Waals surface area contributed by atoms with Crippen molar-refractivity contribution in [1.29, 1.82) is 0 Å². The first-order valence-corrected chi connectivity index (χ1v) is 12.8. The van der Waals surface area contributed by atoms with Gasteiger partial charge < -0.3 is 15.3 Å². The number of hydrogen-bond acceptors (Lipinski definition) is 7. The van der Waals surface area contributed by atoms with Gasteiger partial charge in [0.25, 0.3) is 12.0 Å². The van der Waals surface area contributed by atoms with E-state index in [0.717, 1.165) is 34.6 Å². The SMILES string of the molecule is CNCc1ccc(-c2cnc3c(=O)n(CC4(O)CCN(C(=O)CC(C(F)F)n5ccc(F)n5)CC4)cnn23)cc1. The predicted octanol–water partition coefficient (Wildman–Crippen LogP) is 1.86. The molecule has 4 aromatic rings. The van der Waals surface area contributed by atoms with E-state index in [-0.39, 0.29) is 38.1 Å². The summed E-state index contributed by atoms with van der Waals surface area (Å²) in [5.74, 6) is -1.46. The summed E-state index contributed by atoms with van der Waals surface area (Å²) in [6.07, 6.45) is 0.778. The molecule has 0 radical (unpaired) electrons.